The first-order valence-electron chi connectivity index (χ1n) is 5.98. The molecule has 1 N–H and O–H groups in total. The minimum absolute atomic E-state index is 0.00255. The largest absolute Gasteiger partial charge is 0.351 e. The molecule has 2 rings (SSSR count). The summed E-state index contributed by atoms with van der Waals surface area (Å²) in [5.74, 6) is 0.00255. The first-order chi connectivity index (χ1) is 8.66. The van der Waals surface area contributed by atoms with Gasteiger partial charge < -0.3 is 5.32 Å². The zero-order valence-corrected chi connectivity index (χ0v) is 11.4. The molecule has 96 valence electrons. The Morgan fingerprint density at radius 1 is 1.50 bits per heavy atom. The normalized spacial score (nSPS) is 14.1. The number of nitrogens with one attached hydrogen (secondary N) is 1. The molecular formula is C13H17N3OS. The Kier molecular flexibility index (Phi) is 4.15. The fraction of sp³-hybridized carbons (Fsp3) is 0.385. The third kappa shape index (κ3) is 3.20. The molecule has 1 amide bonds. The maximum atomic E-state index is 12.0. The fourth-order valence-electron chi connectivity index (χ4n) is 1.77. The van der Waals surface area contributed by atoms with Crippen molar-refractivity contribution in [2.45, 2.75) is 32.4 Å². The van der Waals surface area contributed by atoms with Crippen LogP contribution < -0.4 is 5.32 Å². The number of carbonyl (C=O) groups is 1. The van der Waals surface area contributed by atoms with Gasteiger partial charge in [-0.2, -0.15) is 5.10 Å². The molecule has 0 aliphatic carbocycles. The van der Waals surface area contributed by atoms with Gasteiger partial charge >= 0.3 is 0 Å². The van der Waals surface area contributed by atoms with Gasteiger partial charge in [-0.1, -0.05) is 6.07 Å². The first kappa shape index (κ1) is 12.8. The molecule has 0 saturated carbocycles. The number of amides is 1. The highest BCUT2D eigenvalue weighted by molar-refractivity contribution is 7.09. The van der Waals surface area contributed by atoms with Crippen molar-refractivity contribution in [2.24, 2.45) is 0 Å². The van der Waals surface area contributed by atoms with Gasteiger partial charge in [0.2, 0.25) is 5.91 Å². The Labute approximate surface area is 111 Å². The predicted molar refractivity (Wildman–Crippen MR) is 72.6 cm³/mol. The lowest BCUT2D eigenvalue weighted by Crippen LogP contribution is -2.38. The van der Waals surface area contributed by atoms with Crippen LogP contribution in [0.2, 0.25) is 0 Å². The number of thiophene rings is 1. The van der Waals surface area contributed by atoms with E-state index in [0.29, 0.717) is 0 Å². The lowest BCUT2D eigenvalue weighted by Gasteiger charge is -2.17. The van der Waals surface area contributed by atoms with Crippen LogP contribution in [0.3, 0.4) is 0 Å². The summed E-state index contributed by atoms with van der Waals surface area (Å²) in [6.45, 7) is 3.87. The molecule has 0 aliphatic heterocycles. The van der Waals surface area contributed by atoms with Crippen molar-refractivity contribution in [1.82, 2.24) is 15.1 Å². The van der Waals surface area contributed by atoms with Gasteiger partial charge in [0.1, 0.15) is 6.04 Å². The van der Waals surface area contributed by atoms with E-state index >= 15 is 0 Å². The highest BCUT2D eigenvalue weighted by atomic mass is 32.1. The summed E-state index contributed by atoms with van der Waals surface area (Å²) in [5, 5.41) is 9.14. The van der Waals surface area contributed by atoms with Crippen molar-refractivity contribution in [1.29, 1.82) is 0 Å². The third-order valence-electron chi connectivity index (χ3n) is 2.78. The van der Waals surface area contributed by atoms with Crippen molar-refractivity contribution >= 4 is 17.2 Å². The molecule has 0 fully saturated rings. The number of rotatable bonds is 5. The molecule has 0 spiro atoms. The van der Waals surface area contributed by atoms with Gasteiger partial charge in [0.25, 0.3) is 0 Å². The molecule has 18 heavy (non-hydrogen) atoms. The molecule has 0 radical (unpaired) electrons. The van der Waals surface area contributed by atoms with Crippen molar-refractivity contribution in [3.63, 3.8) is 0 Å². The molecule has 0 aliphatic rings. The molecule has 2 heterocycles. The smallest absolute Gasteiger partial charge is 0.244 e. The van der Waals surface area contributed by atoms with Gasteiger partial charge in [-0.15, -0.1) is 11.3 Å². The van der Waals surface area contributed by atoms with Gasteiger partial charge in [-0.05, 0) is 31.4 Å². The van der Waals surface area contributed by atoms with Crippen LogP contribution in [0.25, 0.3) is 0 Å². The van der Waals surface area contributed by atoms with Crippen LogP contribution >= 0.6 is 11.3 Å². The molecule has 4 nitrogen and oxygen atoms in total. The second-order valence-corrected chi connectivity index (χ2v) is 5.39. The average Bonchev–Trinajstić information content (AvgIpc) is 2.99. The van der Waals surface area contributed by atoms with E-state index in [1.165, 1.54) is 4.88 Å². The standard InChI is InChI=1S/C13H17N3OS/c1-10(9-12-5-3-8-18-12)15-13(17)11(2)16-7-4-6-14-16/h3-8,10-11H,9H2,1-2H3,(H,15,17)/t10-,11+/m0/s1. The molecule has 0 saturated heterocycles. The fourth-order valence-corrected chi connectivity index (χ4v) is 2.61. The van der Waals surface area contributed by atoms with E-state index in [1.54, 1.807) is 28.4 Å². The number of hydrogen-bond donors (Lipinski definition) is 1. The zero-order valence-electron chi connectivity index (χ0n) is 10.5. The predicted octanol–water partition coefficient (Wildman–Crippen LogP) is 2.25. The van der Waals surface area contributed by atoms with E-state index in [1.807, 2.05) is 26.0 Å². The SMILES string of the molecule is C[C@H](C(=O)N[C@@H](C)Cc1cccs1)n1cccn1. The molecule has 5 heteroatoms. The third-order valence-corrected chi connectivity index (χ3v) is 3.68. The van der Waals surface area contributed by atoms with Gasteiger partial charge in [0.05, 0.1) is 0 Å². The summed E-state index contributed by atoms with van der Waals surface area (Å²) in [5.41, 5.74) is 0. The van der Waals surface area contributed by atoms with Gasteiger partial charge in [0, 0.05) is 29.7 Å². The van der Waals surface area contributed by atoms with Crippen LogP contribution in [0.5, 0.6) is 0 Å². The Hall–Kier alpha value is -1.62. The van der Waals surface area contributed by atoms with Crippen molar-refractivity contribution < 1.29 is 4.79 Å². The number of aromatic nitrogens is 2. The van der Waals surface area contributed by atoms with Crippen molar-refractivity contribution in [2.75, 3.05) is 0 Å². The minimum Gasteiger partial charge on any atom is -0.351 e. The van der Waals surface area contributed by atoms with E-state index < -0.39 is 0 Å². The number of hydrogen-bond acceptors (Lipinski definition) is 3. The monoisotopic (exact) mass is 263 g/mol. The van der Waals surface area contributed by atoms with Gasteiger partial charge in [0.15, 0.2) is 0 Å². The maximum Gasteiger partial charge on any atom is 0.244 e. The molecule has 2 aromatic rings. The van der Waals surface area contributed by atoms with Crippen LogP contribution in [0.1, 0.15) is 24.8 Å². The van der Waals surface area contributed by atoms with E-state index in [9.17, 15) is 4.79 Å². The summed E-state index contributed by atoms with van der Waals surface area (Å²) in [6.07, 6.45) is 4.35. The van der Waals surface area contributed by atoms with E-state index in [2.05, 4.69) is 21.9 Å². The highest BCUT2D eigenvalue weighted by Crippen LogP contribution is 2.11. The maximum absolute atomic E-state index is 12.0. The van der Waals surface area contributed by atoms with Crippen LogP contribution in [0.4, 0.5) is 0 Å². The minimum atomic E-state index is -0.272. The Bertz CT molecular complexity index is 478. The molecule has 2 atom stereocenters. The van der Waals surface area contributed by atoms with Crippen molar-refractivity contribution in [3.8, 4) is 0 Å². The summed E-state index contributed by atoms with van der Waals surface area (Å²) in [7, 11) is 0. The van der Waals surface area contributed by atoms with Crippen LogP contribution in [0.15, 0.2) is 36.0 Å². The second kappa shape index (κ2) is 5.82. The molecule has 0 unspecified atom stereocenters. The van der Waals surface area contributed by atoms with E-state index in [0.717, 1.165) is 6.42 Å². The first-order valence-corrected chi connectivity index (χ1v) is 6.86. The number of nitrogens with zero attached hydrogens (tertiary/aromatic N) is 2. The van der Waals surface area contributed by atoms with Gasteiger partial charge in [-0.25, -0.2) is 0 Å². The second-order valence-electron chi connectivity index (χ2n) is 4.36. The van der Waals surface area contributed by atoms with Crippen LogP contribution in [0, 0.1) is 0 Å². The van der Waals surface area contributed by atoms with E-state index in [4.69, 9.17) is 0 Å². The Balaban J connectivity index is 1.87. The summed E-state index contributed by atoms with van der Waals surface area (Å²) in [6, 6.07) is 5.80. The molecule has 0 aromatic carbocycles. The average molecular weight is 263 g/mol. The summed E-state index contributed by atoms with van der Waals surface area (Å²) in [4.78, 5) is 13.3. The highest BCUT2D eigenvalue weighted by Gasteiger charge is 2.17. The summed E-state index contributed by atoms with van der Waals surface area (Å²) < 4.78 is 1.66. The van der Waals surface area contributed by atoms with Crippen LogP contribution in [-0.2, 0) is 11.2 Å². The van der Waals surface area contributed by atoms with E-state index in [-0.39, 0.29) is 18.0 Å². The molecular weight excluding hydrogens is 246 g/mol. The summed E-state index contributed by atoms with van der Waals surface area (Å²) >= 11 is 1.72. The lowest BCUT2D eigenvalue weighted by atomic mass is 10.2. The van der Waals surface area contributed by atoms with Crippen LogP contribution in [-0.4, -0.2) is 21.7 Å². The lowest BCUT2D eigenvalue weighted by molar-refractivity contribution is -0.124. The Morgan fingerprint density at radius 2 is 2.33 bits per heavy atom. The zero-order chi connectivity index (χ0) is 13.0. The quantitative estimate of drug-likeness (QED) is 0.899. The number of carbonyl (C=O) groups excluding carboxylic acids is 1. The van der Waals surface area contributed by atoms with Crippen molar-refractivity contribution in [3.05, 3.63) is 40.8 Å². The molecule has 2 aromatic heterocycles. The molecule has 0 bridgehead atoms. The Morgan fingerprint density at radius 3 is 2.94 bits per heavy atom. The topological polar surface area (TPSA) is 46.9 Å². The van der Waals surface area contributed by atoms with Gasteiger partial charge in [-0.3, -0.25) is 9.48 Å².